The van der Waals surface area contributed by atoms with Crippen LogP contribution in [-0.4, -0.2) is 32.4 Å². The number of carbonyl (C=O) groups excluding carboxylic acids is 1. The van der Waals surface area contributed by atoms with Gasteiger partial charge in [0.1, 0.15) is 13.2 Å². The summed E-state index contributed by atoms with van der Waals surface area (Å²) in [4.78, 5) is 16.4. The summed E-state index contributed by atoms with van der Waals surface area (Å²) in [5.74, 6) is -8.58. The quantitative estimate of drug-likeness (QED) is 0.240. The molecule has 1 N–H and O–H groups in total. The number of rotatable bonds is 9. The SMILES string of the molecule is CC(NCc1ccc2ncccc2c1)c1cn(CC(=O)COc2c(F)c(F)cc(F)c2F)nn1.CCC. The van der Waals surface area contributed by atoms with Crippen LogP contribution in [0.25, 0.3) is 10.9 Å². The number of Topliss-reactive ketones (excluding diaryl/α,β-unsaturated/α-hetero) is 1. The van der Waals surface area contributed by atoms with Gasteiger partial charge in [0, 0.05) is 24.2 Å². The molecule has 4 rings (SSSR count). The van der Waals surface area contributed by atoms with Gasteiger partial charge in [-0.1, -0.05) is 37.6 Å². The molecule has 4 aromatic rings. The second-order valence-corrected chi connectivity index (χ2v) is 8.31. The number of hydrogen-bond acceptors (Lipinski definition) is 6. The molecule has 196 valence electrons. The standard InChI is InChI=1S/C23H19F4N5O2.C3H8/c1-13(29-9-14-4-5-19-15(7-14)3-2-6-28-19)20-11-32(31-30-20)10-16(33)12-34-23-21(26)17(24)8-18(25)22(23)27;1-3-2/h2-8,11,13,29H,9-10,12H2,1H3;3H2,1-2H3. The number of nitrogens with zero attached hydrogens (tertiary/aromatic N) is 4. The predicted octanol–water partition coefficient (Wildman–Crippen LogP) is 5.30. The molecule has 0 aliphatic rings. The first-order valence-corrected chi connectivity index (χ1v) is 11.7. The molecular weight excluding hydrogens is 490 g/mol. The lowest BCUT2D eigenvalue weighted by Crippen LogP contribution is -2.20. The van der Waals surface area contributed by atoms with Crippen molar-refractivity contribution in [2.24, 2.45) is 0 Å². The number of hydrogen-bond donors (Lipinski definition) is 1. The summed E-state index contributed by atoms with van der Waals surface area (Å²) < 4.78 is 59.6. The Morgan fingerprint density at radius 2 is 1.78 bits per heavy atom. The normalized spacial score (nSPS) is 11.6. The molecule has 0 aliphatic carbocycles. The lowest BCUT2D eigenvalue weighted by molar-refractivity contribution is -0.121. The topological polar surface area (TPSA) is 81.9 Å². The fourth-order valence-corrected chi connectivity index (χ4v) is 3.26. The van der Waals surface area contributed by atoms with Crippen molar-refractivity contribution < 1.29 is 27.1 Å². The third kappa shape index (κ3) is 7.32. The summed E-state index contributed by atoms with van der Waals surface area (Å²) in [6, 6.07) is 9.67. The summed E-state index contributed by atoms with van der Waals surface area (Å²) in [7, 11) is 0. The van der Waals surface area contributed by atoms with Crippen LogP contribution in [0.15, 0.2) is 48.8 Å². The molecule has 0 radical (unpaired) electrons. The van der Waals surface area contributed by atoms with Crippen molar-refractivity contribution in [1.29, 1.82) is 0 Å². The molecule has 37 heavy (non-hydrogen) atoms. The van der Waals surface area contributed by atoms with Crippen LogP contribution in [0.2, 0.25) is 0 Å². The highest BCUT2D eigenvalue weighted by Gasteiger charge is 2.21. The molecule has 2 heterocycles. The van der Waals surface area contributed by atoms with E-state index in [-0.39, 0.29) is 18.7 Å². The predicted molar refractivity (Wildman–Crippen MR) is 130 cm³/mol. The number of aromatic nitrogens is 4. The molecule has 0 fully saturated rings. The van der Waals surface area contributed by atoms with Crippen LogP contribution in [-0.2, 0) is 17.9 Å². The molecule has 2 aromatic carbocycles. The van der Waals surface area contributed by atoms with Gasteiger partial charge in [-0.25, -0.2) is 13.5 Å². The molecular formula is C26H27F4N5O2. The fraction of sp³-hybridized carbons (Fsp3) is 0.308. The van der Waals surface area contributed by atoms with Crippen molar-refractivity contribution in [1.82, 2.24) is 25.3 Å². The van der Waals surface area contributed by atoms with E-state index in [1.807, 2.05) is 37.3 Å². The highest BCUT2D eigenvalue weighted by molar-refractivity contribution is 5.80. The van der Waals surface area contributed by atoms with Gasteiger partial charge < -0.3 is 10.1 Å². The van der Waals surface area contributed by atoms with Crippen LogP contribution in [0.3, 0.4) is 0 Å². The minimum Gasteiger partial charge on any atom is -0.479 e. The first-order chi connectivity index (χ1) is 17.7. The zero-order valence-corrected chi connectivity index (χ0v) is 20.6. The van der Waals surface area contributed by atoms with Gasteiger partial charge in [-0.05, 0) is 30.7 Å². The molecule has 1 atom stereocenters. The zero-order chi connectivity index (χ0) is 26.9. The van der Waals surface area contributed by atoms with Crippen molar-refractivity contribution in [3.05, 3.63) is 83.3 Å². The van der Waals surface area contributed by atoms with Gasteiger partial charge in [-0.3, -0.25) is 9.78 Å². The number of nitrogens with one attached hydrogen (secondary N) is 1. The van der Waals surface area contributed by atoms with E-state index in [1.165, 1.54) is 11.1 Å². The van der Waals surface area contributed by atoms with Gasteiger partial charge >= 0.3 is 0 Å². The average molecular weight is 518 g/mol. The van der Waals surface area contributed by atoms with E-state index in [9.17, 15) is 22.4 Å². The summed E-state index contributed by atoms with van der Waals surface area (Å²) in [6.45, 7) is 5.58. The second-order valence-electron chi connectivity index (χ2n) is 8.31. The van der Waals surface area contributed by atoms with E-state index in [2.05, 4.69) is 39.2 Å². The Hall–Kier alpha value is -3.86. The molecule has 0 bridgehead atoms. The first kappa shape index (κ1) is 27.7. The summed E-state index contributed by atoms with van der Waals surface area (Å²) in [6.07, 6.45) is 4.53. The molecule has 7 nitrogen and oxygen atoms in total. The third-order valence-corrected chi connectivity index (χ3v) is 5.07. The smallest absolute Gasteiger partial charge is 0.203 e. The first-order valence-electron chi connectivity index (χ1n) is 11.7. The number of fused-ring (bicyclic) bond motifs is 1. The molecule has 0 spiro atoms. The van der Waals surface area contributed by atoms with Crippen molar-refractivity contribution in [3.8, 4) is 5.75 Å². The Morgan fingerprint density at radius 1 is 1.08 bits per heavy atom. The van der Waals surface area contributed by atoms with E-state index in [4.69, 9.17) is 0 Å². The monoisotopic (exact) mass is 517 g/mol. The fourth-order valence-electron chi connectivity index (χ4n) is 3.26. The minimum atomic E-state index is -1.71. The van der Waals surface area contributed by atoms with Crippen LogP contribution in [0.4, 0.5) is 17.6 Å². The van der Waals surface area contributed by atoms with Crippen LogP contribution < -0.4 is 10.1 Å². The van der Waals surface area contributed by atoms with Gasteiger partial charge in [0.05, 0.1) is 23.4 Å². The lowest BCUT2D eigenvalue weighted by atomic mass is 10.1. The number of pyridine rings is 1. The Morgan fingerprint density at radius 3 is 2.49 bits per heavy atom. The number of benzene rings is 2. The van der Waals surface area contributed by atoms with Gasteiger partial charge in [-0.2, -0.15) is 8.78 Å². The Bertz CT molecular complexity index is 1340. The van der Waals surface area contributed by atoms with Crippen molar-refractivity contribution in [3.63, 3.8) is 0 Å². The van der Waals surface area contributed by atoms with E-state index in [1.54, 1.807) is 12.4 Å². The van der Waals surface area contributed by atoms with Gasteiger partial charge in [0.25, 0.3) is 0 Å². The Balaban J connectivity index is 0.00000121. The number of halogens is 4. The molecule has 0 saturated heterocycles. The third-order valence-electron chi connectivity index (χ3n) is 5.07. The van der Waals surface area contributed by atoms with Crippen LogP contribution in [0.1, 0.15) is 44.5 Å². The van der Waals surface area contributed by atoms with E-state index in [0.29, 0.717) is 12.2 Å². The van der Waals surface area contributed by atoms with E-state index >= 15 is 0 Å². The van der Waals surface area contributed by atoms with Crippen LogP contribution in [0, 0.1) is 23.3 Å². The maximum atomic E-state index is 13.6. The maximum absolute atomic E-state index is 13.6. The highest BCUT2D eigenvalue weighted by Crippen LogP contribution is 2.26. The van der Waals surface area contributed by atoms with Crippen molar-refractivity contribution >= 4 is 16.7 Å². The number of ketones is 1. The summed E-state index contributed by atoms with van der Waals surface area (Å²) >= 11 is 0. The molecule has 0 saturated carbocycles. The summed E-state index contributed by atoms with van der Waals surface area (Å²) in [5, 5.41) is 12.2. The van der Waals surface area contributed by atoms with Gasteiger partial charge in [-0.15, -0.1) is 5.10 Å². The van der Waals surface area contributed by atoms with Gasteiger partial charge in [0.15, 0.2) is 23.2 Å². The summed E-state index contributed by atoms with van der Waals surface area (Å²) in [5.41, 5.74) is 2.53. The molecule has 1 unspecified atom stereocenters. The minimum absolute atomic E-state index is 0.0582. The second kappa shape index (κ2) is 12.9. The lowest BCUT2D eigenvalue weighted by Gasteiger charge is -2.11. The Kier molecular flexibility index (Phi) is 9.67. The van der Waals surface area contributed by atoms with E-state index in [0.717, 1.165) is 16.5 Å². The van der Waals surface area contributed by atoms with Gasteiger partial charge in [0.2, 0.25) is 11.6 Å². The maximum Gasteiger partial charge on any atom is 0.203 e. The number of carbonyl (C=O) groups is 1. The van der Waals surface area contributed by atoms with Crippen LogP contribution in [0.5, 0.6) is 5.75 Å². The highest BCUT2D eigenvalue weighted by atomic mass is 19.2. The average Bonchev–Trinajstić information content (AvgIpc) is 3.35. The molecule has 0 amide bonds. The zero-order valence-electron chi connectivity index (χ0n) is 20.6. The van der Waals surface area contributed by atoms with Crippen LogP contribution >= 0.6 is 0 Å². The number of ether oxygens (including phenoxy) is 1. The molecule has 11 heteroatoms. The van der Waals surface area contributed by atoms with Crippen molar-refractivity contribution in [2.75, 3.05) is 6.61 Å². The Labute approximate surface area is 211 Å². The van der Waals surface area contributed by atoms with Crippen molar-refractivity contribution in [2.45, 2.75) is 46.3 Å². The van der Waals surface area contributed by atoms with E-state index < -0.39 is 41.4 Å². The molecule has 0 aliphatic heterocycles. The largest absolute Gasteiger partial charge is 0.479 e. The molecule has 2 aromatic heterocycles.